The summed E-state index contributed by atoms with van der Waals surface area (Å²) in [6.07, 6.45) is 0. The van der Waals surface area contributed by atoms with Crippen molar-refractivity contribution < 1.29 is 0 Å². The van der Waals surface area contributed by atoms with Gasteiger partial charge in [-0.2, -0.15) is 0 Å². The lowest BCUT2D eigenvalue weighted by molar-refractivity contribution is 1.18. The van der Waals surface area contributed by atoms with Crippen LogP contribution in [0.25, 0.3) is 100 Å². The van der Waals surface area contributed by atoms with Gasteiger partial charge < -0.3 is 0 Å². The van der Waals surface area contributed by atoms with E-state index in [1.54, 1.807) is 0 Å². The summed E-state index contributed by atoms with van der Waals surface area (Å²) in [5.74, 6) is 0.679. The highest BCUT2D eigenvalue weighted by molar-refractivity contribution is 6.10. The fraction of sp³-hybridized carbons (Fsp3) is 0. The van der Waals surface area contributed by atoms with Crippen molar-refractivity contribution in [1.82, 2.24) is 19.9 Å². The molecule has 0 saturated carbocycles. The van der Waals surface area contributed by atoms with E-state index in [1.807, 2.05) is 48.5 Å². The number of nitrogens with zero attached hydrogens (tertiary/aromatic N) is 4. The molecule has 0 N–H and O–H groups in total. The Morgan fingerprint density at radius 2 is 0.714 bits per heavy atom. The average Bonchev–Trinajstić information content (AvgIpc) is 3.29. The van der Waals surface area contributed by atoms with Crippen LogP contribution < -0.4 is 0 Å². The second-order valence-electron chi connectivity index (χ2n) is 13.9. The molecule has 262 valence electrons. The number of fused-ring (bicyclic) bond motifs is 3. The Hall–Kier alpha value is -7.56. The first-order valence-corrected chi connectivity index (χ1v) is 18.8. The van der Waals surface area contributed by atoms with Gasteiger partial charge in [0.15, 0.2) is 5.82 Å². The zero-order valence-electron chi connectivity index (χ0n) is 30.4. The predicted octanol–water partition coefficient (Wildman–Crippen LogP) is 13.2. The molecule has 3 aromatic heterocycles. The Balaban J connectivity index is 1.14. The first kappa shape index (κ1) is 33.0. The van der Waals surface area contributed by atoms with Gasteiger partial charge in [-0.15, -0.1) is 0 Å². The monoisotopic (exact) mass is 714 g/mol. The van der Waals surface area contributed by atoms with Gasteiger partial charge >= 0.3 is 0 Å². The Morgan fingerprint density at radius 1 is 0.250 bits per heavy atom. The van der Waals surface area contributed by atoms with Gasteiger partial charge in [0, 0.05) is 38.6 Å². The van der Waals surface area contributed by atoms with Crippen molar-refractivity contribution in [2.75, 3.05) is 0 Å². The van der Waals surface area contributed by atoms with Crippen LogP contribution in [0.4, 0.5) is 0 Å². The smallest absolute Gasteiger partial charge is 0.160 e. The number of aromatic nitrogens is 4. The molecule has 4 heteroatoms. The summed E-state index contributed by atoms with van der Waals surface area (Å²) in [5.41, 5.74) is 14.9. The van der Waals surface area contributed by atoms with Crippen molar-refractivity contribution in [3.63, 3.8) is 0 Å². The van der Waals surface area contributed by atoms with E-state index in [4.69, 9.17) is 19.9 Å². The van der Waals surface area contributed by atoms with E-state index in [9.17, 15) is 0 Å². The zero-order valence-corrected chi connectivity index (χ0v) is 30.4. The molecule has 10 aromatic rings. The molecule has 4 nitrogen and oxygen atoms in total. The van der Waals surface area contributed by atoms with Gasteiger partial charge in [0.1, 0.15) is 0 Å². The van der Waals surface area contributed by atoms with Crippen LogP contribution in [0.1, 0.15) is 0 Å². The van der Waals surface area contributed by atoms with Crippen molar-refractivity contribution in [2.45, 2.75) is 0 Å². The predicted molar refractivity (Wildman–Crippen MR) is 231 cm³/mol. The van der Waals surface area contributed by atoms with Crippen LogP contribution in [-0.4, -0.2) is 19.9 Å². The number of pyridine rings is 2. The minimum absolute atomic E-state index is 0.679. The van der Waals surface area contributed by atoms with Crippen LogP contribution in [0.3, 0.4) is 0 Å². The largest absolute Gasteiger partial charge is 0.245 e. The highest BCUT2D eigenvalue weighted by Gasteiger charge is 2.16. The molecule has 0 fully saturated rings. The fourth-order valence-electron chi connectivity index (χ4n) is 7.41. The summed E-state index contributed by atoms with van der Waals surface area (Å²) in [4.78, 5) is 20.8. The quantitative estimate of drug-likeness (QED) is 0.154. The van der Waals surface area contributed by atoms with Gasteiger partial charge in [0.05, 0.1) is 33.8 Å². The molecule has 0 aliphatic carbocycles. The number of rotatable bonds is 7. The SMILES string of the molecule is c1ccc(-c2ccc(-c3nc(-c4ccccc4)cc(-c4cccc(-c5cc(-c6ccccc6)nc6c5ccc5ccc(-c7ccccc7)nc56)c4)n3)cc2)cc1. The lowest BCUT2D eigenvalue weighted by Crippen LogP contribution is -1.96. The van der Waals surface area contributed by atoms with E-state index in [1.165, 1.54) is 5.56 Å². The van der Waals surface area contributed by atoms with Crippen molar-refractivity contribution in [3.8, 4) is 78.7 Å². The Morgan fingerprint density at radius 3 is 1.36 bits per heavy atom. The van der Waals surface area contributed by atoms with Crippen molar-refractivity contribution in [2.24, 2.45) is 0 Å². The second-order valence-corrected chi connectivity index (χ2v) is 13.9. The molecule has 0 atom stereocenters. The van der Waals surface area contributed by atoms with E-state index in [0.29, 0.717) is 5.82 Å². The lowest BCUT2D eigenvalue weighted by atomic mass is 9.95. The Kier molecular flexibility index (Phi) is 8.47. The molecule has 0 amide bonds. The van der Waals surface area contributed by atoms with E-state index >= 15 is 0 Å². The number of hydrogen-bond donors (Lipinski definition) is 0. The maximum Gasteiger partial charge on any atom is 0.160 e. The first-order valence-electron chi connectivity index (χ1n) is 18.8. The van der Waals surface area contributed by atoms with Crippen molar-refractivity contribution in [3.05, 3.63) is 206 Å². The van der Waals surface area contributed by atoms with Gasteiger partial charge in [0.2, 0.25) is 0 Å². The third-order valence-electron chi connectivity index (χ3n) is 10.3. The summed E-state index contributed by atoms with van der Waals surface area (Å²) >= 11 is 0. The first-order chi connectivity index (χ1) is 27.7. The normalized spacial score (nSPS) is 11.2. The molecule has 56 heavy (non-hydrogen) atoms. The molecular formula is C52H34N4. The average molecular weight is 715 g/mol. The Labute approximate surface area is 325 Å². The maximum absolute atomic E-state index is 5.31. The van der Waals surface area contributed by atoms with E-state index in [2.05, 4.69) is 158 Å². The van der Waals surface area contributed by atoms with Gasteiger partial charge in [-0.3, -0.25) is 0 Å². The van der Waals surface area contributed by atoms with Crippen LogP contribution in [0, 0.1) is 0 Å². The summed E-state index contributed by atoms with van der Waals surface area (Å²) in [6.45, 7) is 0. The van der Waals surface area contributed by atoms with E-state index in [-0.39, 0.29) is 0 Å². The summed E-state index contributed by atoms with van der Waals surface area (Å²) in [5, 5.41) is 2.09. The molecule has 0 bridgehead atoms. The van der Waals surface area contributed by atoms with E-state index in [0.717, 1.165) is 89.1 Å². The van der Waals surface area contributed by atoms with Crippen LogP contribution in [0.2, 0.25) is 0 Å². The van der Waals surface area contributed by atoms with Crippen LogP contribution in [0.15, 0.2) is 206 Å². The lowest BCUT2D eigenvalue weighted by Gasteiger charge is -2.14. The summed E-state index contributed by atoms with van der Waals surface area (Å²) < 4.78 is 0. The van der Waals surface area contributed by atoms with Crippen LogP contribution in [-0.2, 0) is 0 Å². The topological polar surface area (TPSA) is 51.6 Å². The summed E-state index contributed by atoms with van der Waals surface area (Å²) in [7, 11) is 0. The molecule has 0 spiro atoms. The molecule has 7 aromatic carbocycles. The van der Waals surface area contributed by atoms with Gasteiger partial charge in [0.25, 0.3) is 0 Å². The minimum atomic E-state index is 0.679. The number of hydrogen-bond acceptors (Lipinski definition) is 4. The summed E-state index contributed by atoms with van der Waals surface area (Å²) in [6, 6.07) is 71.5. The second kappa shape index (κ2) is 14.3. The molecule has 3 heterocycles. The van der Waals surface area contributed by atoms with Crippen LogP contribution >= 0.6 is 0 Å². The van der Waals surface area contributed by atoms with Gasteiger partial charge in [-0.1, -0.05) is 182 Å². The molecule has 0 unspecified atom stereocenters. The third-order valence-corrected chi connectivity index (χ3v) is 10.3. The minimum Gasteiger partial charge on any atom is -0.245 e. The highest BCUT2D eigenvalue weighted by Crippen LogP contribution is 2.38. The van der Waals surface area contributed by atoms with Crippen LogP contribution in [0.5, 0.6) is 0 Å². The number of benzene rings is 7. The zero-order chi connectivity index (χ0) is 37.3. The molecule has 0 radical (unpaired) electrons. The maximum atomic E-state index is 5.31. The fourth-order valence-corrected chi connectivity index (χ4v) is 7.41. The van der Waals surface area contributed by atoms with Crippen molar-refractivity contribution >= 4 is 21.8 Å². The molecule has 0 aliphatic heterocycles. The molecule has 0 aliphatic rings. The molecule has 10 rings (SSSR count). The third kappa shape index (κ3) is 6.40. The molecule has 0 saturated heterocycles. The Bertz CT molecular complexity index is 2980. The van der Waals surface area contributed by atoms with Crippen molar-refractivity contribution in [1.29, 1.82) is 0 Å². The van der Waals surface area contributed by atoms with Gasteiger partial charge in [-0.25, -0.2) is 19.9 Å². The standard InChI is InChI=1S/C52H34N4/c1-5-14-35(15-6-1)36-24-26-41(27-25-36)52-55-48(39-20-11-4-12-21-39)34-49(56-52)43-23-13-22-42(32-43)45-33-47(38-18-9-3-10-19-38)54-51-44(45)30-28-40-29-31-46(53-50(40)51)37-16-7-2-8-17-37/h1-34H. The highest BCUT2D eigenvalue weighted by atomic mass is 14.9. The van der Waals surface area contributed by atoms with Gasteiger partial charge in [-0.05, 0) is 46.5 Å². The molecular weight excluding hydrogens is 681 g/mol. The van der Waals surface area contributed by atoms with E-state index < -0.39 is 0 Å².